The fourth-order valence-electron chi connectivity index (χ4n) is 2.00. The van der Waals surface area contributed by atoms with E-state index in [4.69, 9.17) is 0 Å². The molecule has 5 nitrogen and oxygen atoms in total. The van der Waals surface area contributed by atoms with Gasteiger partial charge in [0.2, 0.25) is 0 Å². The average molecular weight is 334 g/mol. The van der Waals surface area contributed by atoms with Gasteiger partial charge in [0.15, 0.2) is 0 Å². The van der Waals surface area contributed by atoms with E-state index in [1.54, 1.807) is 26.0 Å². The van der Waals surface area contributed by atoms with Gasteiger partial charge in [0.25, 0.3) is 5.91 Å². The van der Waals surface area contributed by atoms with Crippen LogP contribution >= 0.6 is 0 Å². The average Bonchev–Trinajstić information content (AvgIpc) is 2.54. The van der Waals surface area contributed by atoms with Crippen molar-refractivity contribution in [1.29, 1.82) is 0 Å². The second-order valence-corrected chi connectivity index (χ2v) is 5.06. The molecular weight excluding hydrogens is 318 g/mol. The van der Waals surface area contributed by atoms with Crippen LogP contribution in [0.4, 0.5) is 8.78 Å². The maximum Gasteiger partial charge on any atom is 0.387 e. The van der Waals surface area contributed by atoms with Crippen LogP contribution < -0.4 is 10.2 Å². The Morgan fingerprint density at radius 1 is 1.21 bits per heavy atom. The second-order valence-electron chi connectivity index (χ2n) is 5.06. The van der Waals surface area contributed by atoms with Gasteiger partial charge in [-0.15, -0.1) is 0 Å². The summed E-state index contributed by atoms with van der Waals surface area (Å²) >= 11 is 0. The molecule has 2 rings (SSSR count). The van der Waals surface area contributed by atoms with Gasteiger partial charge < -0.3 is 9.84 Å². The van der Waals surface area contributed by atoms with Crippen molar-refractivity contribution < 1.29 is 23.4 Å². The molecule has 24 heavy (non-hydrogen) atoms. The number of aryl methyl sites for hydroxylation is 1. The highest BCUT2D eigenvalue weighted by molar-refractivity contribution is 6.02. The minimum Gasteiger partial charge on any atom is -0.508 e. The van der Waals surface area contributed by atoms with Gasteiger partial charge in [-0.1, -0.05) is 11.6 Å². The normalized spacial score (nSPS) is 11.5. The third-order valence-electron chi connectivity index (χ3n) is 3.20. The molecule has 0 unspecified atom stereocenters. The van der Waals surface area contributed by atoms with Gasteiger partial charge in [-0.25, -0.2) is 5.43 Å². The number of halogens is 2. The van der Waals surface area contributed by atoms with Crippen molar-refractivity contribution in [3.8, 4) is 11.5 Å². The summed E-state index contributed by atoms with van der Waals surface area (Å²) in [7, 11) is 0. The Morgan fingerprint density at radius 3 is 2.50 bits per heavy atom. The smallest absolute Gasteiger partial charge is 0.387 e. The van der Waals surface area contributed by atoms with Crippen LogP contribution in [0.2, 0.25) is 0 Å². The Labute approximate surface area is 137 Å². The zero-order valence-electron chi connectivity index (χ0n) is 13.1. The standard InChI is InChI=1S/C17H16F2N2O3/c1-10-3-8-15(24-17(18)19)14(9-10)11(2)20-21-16(23)12-4-6-13(22)7-5-12/h3-9,17,22H,1-2H3,(H,21,23)/b20-11-. The Hall–Kier alpha value is -2.96. The van der Waals surface area contributed by atoms with E-state index >= 15 is 0 Å². The van der Waals surface area contributed by atoms with E-state index in [0.29, 0.717) is 16.8 Å². The third-order valence-corrected chi connectivity index (χ3v) is 3.20. The van der Waals surface area contributed by atoms with Crippen LogP contribution in [-0.2, 0) is 0 Å². The molecule has 0 aliphatic rings. The summed E-state index contributed by atoms with van der Waals surface area (Å²) in [5, 5.41) is 13.1. The van der Waals surface area contributed by atoms with Gasteiger partial charge in [-0.3, -0.25) is 4.79 Å². The van der Waals surface area contributed by atoms with Gasteiger partial charge >= 0.3 is 6.61 Å². The number of phenolic OH excluding ortho intramolecular Hbond substituents is 1. The Bertz CT molecular complexity index is 759. The quantitative estimate of drug-likeness (QED) is 0.650. The van der Waals surface area contributed by atoms with Crippen molar-refractivity contribution in [2.45, 2.75) is 20.5 Å². The lowest BCUT2D eigenvalue weighted by Crippen LogP contribution is -2.19. The molecule has 126 valence electrons. The number of hydrogen-bond donors (Lipinski definition) is 2. The Morgan fingerprint density at radius 2 is 1.88 bits per heavy atom. The highest BCUT2D eigenvalue weighted by Crippen LogP contribution is 2.22. The first kappa shape index (κ1) is 17.4. The fourth-order valence-corrected chi connectivity index (χ4v) is 2.00. The molecule has 0 aromatic heterocycles. The molecule has 0 fully saturated rings. The van der Waals surface area contributed by atoms with Crippen LogP contribution in [0.5, 0.6) is 11.5 Å². The van der Waals surface area contributed by atoms with Crippen LogP contribution in [0, 0.1) is 6.92 Å². The van der Waals surface area contributed by atoms with Crippen molar-refractivity contribution in [2.24, 2.45) is 5.10 Å². The van der Waals surface area contributed by atoms with E-state index in [1.165, 1.54) is 30.3 Å². The number of carbonyl (C=O) groups excluding carboxylic acids is 1. The van der Waals surface area contributed by atoms with Crippen molar-refractivity contribution in [2.75, 3.05) is 0 Å². The lowest BCUT2D eigenvalue weighted by atomic mass is 10.1. The van der Waals surface area contributed by atoms with E-state index in [1.807, 2.05) is 0 Å². The van der Waals surface area contributed by atoms with E-state index in [-0.39, 0.29) is 11.5 Å². The van der Waals surface area contributed by atoms with E-state index in [2.05, 4.69) is 15.3 Å². The summed E-state index contributed by atoms with van der Waals surface area (Å²) in [6.45, 7) is 0.424. The summed E-state index contributed by atoms with van der Waals surface area (Å²) in [4.78, 5) is 12.0. The molecule has 0 bridgehead atoms. The van der Waals surface area contributed by atoms with E-state index < -0.39 is 12.5 Å². The topological polar surface area (TPSA) is 70.9 Å². The second kappa shape index (κ2) is 7.54. The lowest BCUT2D eigenvalue weighted by molar-refractivity contribution is -0.0499. The molecule has 7 heteroatoms. The predicted octanol–water partition coefficient (Wildman–Crippen LogP) is 3.46. The van der Waals surface area contributed by atoms with Crippen LogP contribution in [0.3, 0.4) is 0 Å². The molecule has 0 heterocycles. The SMILES string of the molecule is C/C(=N/NC(=O)c1ccc(O)cc1)c1cc(C)ccc1OC(F)F. The van der Waals surface area contributed by atoms with Crippen LogP contribution in [-0.4, -0.2) is 23.3 Å². The predicted molar refractivity (Wildman–Crippen MR) is 85.6 cm³/mol. The largest absolute Gasteiger partial charge is 0.508 e. The third kappa shape index (κ3) is 4.52. The molecule has 0 aliphatic heterocycles. The molecule has 0 radical (unpaired) electrons. The number of benzene rings is 2. The van der Waals surface area contributed by atoms with Crippen molar-refractivity contribution in [1.82, 2.24) is 5.43 Å². The van der Waals surface area contributed by atoms with Gasteiger partial charge in [0.1, 0.15) is 11.5 Å². The summed E-state index contributed by atoms with van der Waals surface area (Å²) in [5.41, 5.74) is 4.17. The van der Waals surface area contributed by atoms with E-state index in [0.717, 1.165) is 5.56 Å². The molecule has 1 amide bonds. The monoisotopic (exact) mass is 334 g/mol. The minimum absolute atomic E-state index is 0.0178. The Kier molecular flexibility index (Phi) is 5.47. The molecule has 2 aromatic carbocycles. The number of carbonyl (C=O) groups is 1. The number of rotatable bonds is 5. The van der Waals surface area contributed by atoms with Gasteiger partial charge in [-0.2, -0.15) is 13.9 Å². The van der Waals surface area contributed by atoms with Crippen molar-refractivity contribution in [3.05, 3.63) is 59.2 Å². The molecule has 2 N–H and O–H groups in total. The summed E-state index contributed by atoms with van der Waals surface area (Å²) in [6.07, 6.45) is 0. The van der Waals surface area contributed by atoms with E-state index in [9.17, 15) is 18.7 Å². The van der Waals surface area contributed by atoms with Crippen LogP contribution in [0.15, 0.2) is 47.6 Å². The minimum atomic E-state index is -2.95. The van der Waals surface area contributed by atoms with Crippen molar-refractivity contribution >= 4 is 11.6 Å². The summed E-state index contributed by atoms with van der Waals surface area (Å²) in [5.74, 6) is -0.464. The lowest BCUT2D eigenvalue weighted by Gasteiger charge is -2.11. The van der Waals surface area contributed by atoms with Crippen molar-refractivity contribution in [3.63, 3.8) is 0 Å². The zero-order valence-corrected chi connectivity index (χ0v) is 13.1. The number of phenols is 1. The number of aromatic hydroxyl groups is 1. The number of hydrogen-bond acceptors (Lipinski definition) is 4. The highest BCUT2D eigenvalue weighted by atomic mass is 19.3. The highest BCUT2D eigenvalue weighted by Gasteiger charge is 2.13. The number of ether oxygens (including phenoxy) is 1. The molecule has 2 aromatic rings. The molecule has 0 saturated heterocycles. The first-order valence-corrected chi connectivity index (χ1v) is 7.06. The fraction of sp³-hybridized carbons (Fsp3) is 0.176. The molecule has 0 spiro atoms. The van der Waals surface area contributed by atoms with Gasteiger partial charge in [-0.05, 0) is 50.2 Å². The molecule has 0 atom stereocenters. The van der Waals surface area contributed by atoms with Crippen LogP contribution in [0.25, 0.3) is 0 Å². The number of alkyl halides is 2. The van der Waals surface area contributed by atoms with Gasteiger partial charge in [0.05, 0.1) is 5.71 Å². The maximum absolute atomic E-state index is 12.5. The Balaban J connectivity index is 2.19. The maximum atomic E-state index is 12.5. The first-order chi connectivity index (χ1) is 11.4. The number of hydrazone groups is 1. The number of amides is 1. The molecule has 0 aliphatic carbocycles. The number of nitrogens with zero attached hydrogens (tertiary/aromatic N) is 1. The molecule has 0 saturated carbocycles. The zero-order chi connectivity index (χ0) is 17.7. The van der Waals surface area contributed by atoms with Gasteiger partial charge in [0, 0.05) is 11.1 Å². The molecular formula is C17H16F2N2O3. The number of nitrogens with one attached hydrogen (secondary N) is 1. The first-order valence-electron chi connectivity index (χ1n) is 7.06. The summed E-state index contributed by atoms with van der Waals surface area (Å²) < 4.78 is 29.4. The van der Waals surface area contributed by atoms with Crippen LogP contribution in [0.1, 0.15) is 28.4 Å². The summed E-state index contributed by atoms with van der Waals surface area (Å²) in [6, 6.07) is 10.3.